The summed E-state index contributed by atoms with van der Waals surface area (Å²) in [6.45, 7) is 5.83. The van der Waals surface area contributed by atoms with Gasteiger partial charge in [-0.1, -0.05) is 13.8 Å². The topological polar surface area (TPSA) is 428 Å². The highest BCUT2D eigenvalue weighted by molar-refractivity contribution is 5.76. The third-order valence-electron chi connectivity index (χ3n) is 11.8. The van der Waals surface area contributed by atoms with E-state index in [-0.39, 0.29) is 202 Å². The lowest BCUT2D eigenvalue weighted by atomic mass is 9.94. The van der Waals surface area contributed by atoms with Crippen molar-refractivity contribution in [1.82, 2.24) is 16.0 Å². The smallest absolute Gasteiger partial charge is 0.222 e. The molecule has 0 spiro atoms. The van der Waals surface area contributed by atoms with Gasteiger partial charge in [0.1, 0.15) is 42.7 Å². The van der Waals surface area contributed by atoms with Gasteiger partial charge < -0.3 is 138 Å². The van der Waals surface area contributed by atoms with Crippen LogP contribution in [0.25, 0.3) is 0 Å². The van der Waals surface area contributed by atoms with Gasteiger partial charge in [-0.15, -0.1) is 0 Å². The zero-order chi connectivity index (χ0) is 60.1. The van der Waals surface area contributed by atoms with E-state index >= 15 is 0 Å². The highest BCUT2D eigenvalue weighted by atomic mass is 16.7. The Morgan fingerprint density at radius 1 is 0.481 bits per heavy atom. The number of nitrogens with one attached hydrogen (secondary N) is 3. The molecule has 0 aromatic heterocycles. The fraction of sp³-hybridized carbons (Fsp3) is 0.940. The molecule has 0 aliphatic carbocycles. The number of amides is 3. The molecule has 1 aliphatic rings. The van der Waals surface area contributed by atoms with E-state index in [1.807, 2.05) is 6.92 Å². The summed E-state index contributed by atoms with van der Waals surface area (Å²) in [6, 6.07) is 0. The van der Waals surface area contributed by atoms with Crippen LogP contribution < -0.4 is 16.0 Å². The number of ether oxygens (including phenoxy) is 15. The van der Waals surface area contributed by atoms with Gasteiger partial charge in [0.2, 0.25) is 17.7 Å². The molecule has 81 heavy (non-hydrogen) atoms. The first kappa shape index (κ1) is 76.4. The summed E-state index contributed by atoms with van der Waals surface area (Å²) < 4.78 is 81.6. The lowest BCUT2D eigenvalue weighted by molar-refractivity contribution is -0.302. The van der Waals surface area contributed by atoms with Crippen LogP contribution in [0.15, 0.2) is 0 Å². The lowest BCUT2D eigenvalue weighted by Crippen LogP contribution is -2.59. The molecule has 1 saturated heterocycles. The maximum atomic E-state index is 12.5. The maximum Gasteiger partial charge on any atom is 0.222 e. The minimum Gasteiger partial charge on any atom is -0.396 e. The number of methoxy groups -OCH3 is 2. The second-order valence-electron chi connectivity index (χ2n) is 18.8. The third kappa shape index (κ3) is 36.1. The molecule has 0 saturated carbocycles. The zero-order valence-corrected chi connectivity index (χ0v) is 47.5. The van der Waals surface area contributed by atoms with E-state index in [0.29, 0.717) is 0 Å². The van der Waals surface area contributed by atoms with Gasteiger partial charge >= 0.3 is 0 Å². The number of aliphatic hydroxyl groups is 10. The fourth-order valence-electron chi connectivity index (χ4n) is 7.00. The molecule has 12 unspecified atom stereocenters. The third-order valence-corrected chi connectivity index (χ3v) is 11.8. The Bertz CT molecular complexity index is 1540. The van der Waals surface area contributed by atoms with Crippen molar-refractivity contribution in [2.24, 2.45) is 11.3 Å². The van der Waals surface area contributed by atoms with Gasteiger partial charge in [0, 0.05) is 71.1 Å². The summed E-state index contributed by atoms with van der Waals surface area (Å²) in [5.41, 5.74) is -0.736. The molecular formula is C50H97N3O28. The highest BCUT2D eigenvalue weighted by Gasteiger charge is 2.44. The van der Waals surface area contributed by atoms with Crippen LogP contribution in [0.1, 0.15) is 33.1 Å². The minimum atomic E-state index is -1.61. The molecule has 1 rings (SSSR count). The molecule has 0 aromatic rings. The van der Waals surface area contributed by atoms with Crippen LogP contribution in [0, 0.1) is 11.3 Å². The predicted molar refractivity (Wildman–Crippen MR) is 279 cm³/mol. The average molecular weight is 1190 g/mol. The molecule has 13 atom stereocenters. The Hall–Kier alpha value is -2.59. The first-order chi connectivity index (χ1) is 39.0. The lowest BCUT2D eigenvalue weighted by Gasteiger charge is -2.39. The van der Waals surface area contributed by atoms with Crippen molar-refractivity contribution in [2.45, 2.75) is 101 Å². The van der Waals surface area contributed by atoms with Gasteiger partial charge in [-0.05, 0) is 0 Å². The van der Waals surface area contributed by atoms with E-state index in [1.54, 1.807) is 0 Å². The number of carbonyl (C=O) groups is 3. The Balaban J connectivity index is 2.39. The Morgan fingerprint density at radius 2 is 0.877 bits per heavy atom. The van der Waals surface area contributed by atoms with Gasteiger partial charge in [0.15, 0.2) is 18.9 Å². The minimum absolute atomic E-state index is 0.000839. The molecule has 31 heteroatoms. The van der Waals surface area contributed by atoms with E-state index in [0.717, 1.165) is 0 Å². The van der Waals surface area contributed by atoms with Crippen molar-refractivity contribution in [2.75, 3.05) is 192 Å². The molecule has 13 N–H and O–H groups in total. The van der Waals surface area contributed by atoms with Crippen molar-refractivity contribution < 1.29 is 137 Å². The largest absolute Gasteiger partial charge is 0.396 e. The average Bonchev–Trinajstić information content (AvgIpc) is 3.51. The number of carbonyl (C=O) groups excluding carboxylic acids is 3. The second kappa shape index (κ2) is 48.6. The summed E-state index contributed by atoms with van der Waals surface area (Å²) in [4.78, 5) is 37.5. The molecule has 1 fully saturated rings. The van der Waals surface area contributed by atoms with Crippen molar-refractivity contribution in [3.63, 3.8) is 0 Å². The number of rotatable bonds is 55. The van der Waals surface area contributed by atoms with Crippen LogP contribution in [0.3, 0.4) is 0 Å². The first-order valence-electron chi connectivity index (χ1n) is 27.1. The van der Waals surface area contributed by atoms with Gasteiger partial charge in [-0.3, -0.25) is 14.4 Å². The standard InChI is InChI=1S/C50H97N3O28/c1-35(29-54)41(61)43(63)45(65)48(68-4)79-27-24-73-21-18-70-15-9-52-39(59)6-12-76-33-50(2,32-75-11-5-38(58)51-8-14-69-17-20-72-23-26-78-47(67-3)36(57)30-55)34-77-13-7-40(60)53-10-16-71-19-22-74-25-28-80-49-46(66)44(64)42(62)37(31-56)81-49/h35-37,41-49,54-57,61-66H,5-34H2,1-4H3,(H,51,58)(H,52,59)(H,53,60)/t35?,36-,37?,41?,42?,43?,44?,45?,46?,47?,48?,49?,50?/m1/s1. The Morgan fingerprint density at radius 3 is 1.27 bits per heavy atom. The van der Waals surface area contributed by atoms with Crippen LogP contribution in [0.4, 0.5) is 0 Å². The van der Waals surface area contributed by atoms with Crippen molar-refractivity contribution >= 4 is 17.7 Å². The summed E-state index contributed by atoms with van der Waals surface area (Å²) in [5, 5.41) is 106. The molecule has 1 aliphatic heterocycles. The second-order valence-corrected chi connectivity index (χ2v) is 18.8. The van der Waals surface area contributed by atoms with Crippen molar-refractivity contribution in [3.8, 4) is 0 Å². The van der Waals surface area contributed by atoms with Crippen molar-refractivity contribution in [3.05, 3.63) is 0 Å². The Labute approximate surface area is 473 Å². The summed E-state index contributed by atoms with van der Waals surface area (Å²) in [6.07, 6.45) is -14.7. The molecule has 1 heterocycles. The van der Waals surface area contributed by atoms with Crippen molar-refractivity contribution in [1.29, 1.82) is 0 Å². The molecular weight excluding hydrogens is 1090 g/mol. The zero-order valence-electron chi connectivity index (χ0n) is 47.5. The van der Waals surface area contributed by atoms with Gasteiger partial charge in [-0.25, -0.2) is 0 Å². The number of hydrogen-bond acceptors (Lipinski definition) is 28. The number of aliphatic hydroxyl groups excluding tert-OH is 10. The molecule has 0 aromatic carbocycles. The van der Waals surface area contributed by atoms with Crippen LogP contribution in [-0.2, 0) is 85.4 Å². The van der Waals surface area contributed by atoms with Crippen LogP contribution in [-0.4, -0.2) is 329 Å². The van der Waals surface area contributed by atoms with Gasteiger partial charge in [-0.2, -0.15) is 0 Å². The SMILES string of the molecule is COC(OCCOCCOCCNC(=O)CCOCC(C)(COCCC(=O)NCCOCCOCCOC1OC(CO)C(O)C(O)C1O)COCCC(=O)NCCOCCOCCOC(OC)[C@H](O)CO)C(O)C(O)C(O)C(C)CO. The van der Waals surface area contributed by atoms with E-state index in [2.05, 4.69) is 16.0 Å². The Kier molecular flexibility index (Phi) is 45.9. The van der Waals surface area contributed by atoms with E-state index in [9.17, 15) is 60.3 Å². The van der Waals surface area contributed by atoms with Crippen LogP contribution in [0.5, 0.6) is 0 Å². The first-order valence-corrected chi connectivity index (χ1v) is 27.1. The monoisotopic (exact) mass is 1190 g/mol. The van der Waals surface area contributed by atoms with E-state index in [1.165, 1.54) is 21.1 Å². The summed E-state index contributed by atoms with van der Waals surface area (Å²) >= 11 is 0. The summed E-state index contributed by atoms with van der Waals surface area (Å²) in [5.74, 6) is -1.48. The molecule has 0 bridgehead atoms. The molecule has 31 nitrogen and oxygen atoms in total. The van der Waals surface area contributed by atoms with Crippen LogP contribution in [0.2, 0.25) is 0 Å². The van der Waals surface area contributed by atoms with Crippen LogP contribution >= 0.6 is 0 Å². The fourth-order valence-corrected chi connectivity index (χ4v) is 7.00. The van der Waals surface area contributed by atoms with E-state index in [4.69, 9.17) is 76.2 Å². The highest BCUT2D eigenvalue weighted by Crippen LogP contribution is 2.22. The predicted octanol–water partition coefficient (Wildman–Crippen LogP) is -6.48. The summed E-state index contributed by atoms with van der Waals surface area (Å²) in [7, 11) is 2.61. The maximum absolute atomic E-state index is 12.5. The van der Waals surface area contributed by atoms with Gasteiger partial charge in [0.05, 0.1) is 158 Å². The van der Waals surface area contributed by atoms with E-state index < -0.39 is 92.2 Å². The quantitative estimate of drug-likeness (QED) is 0.0199. The molecule has 3 amide bonds. The normalized spacial score (nSPS) is 20.9. The number of hydrogen-bond donors (Lipinski definition) is 13. The molecule has 480 valence electrons. The van der Waals surface area contributed by atoms with Gasteiger partial charge in [0.25, 0.3) is 0 Å². The molecule has 0 radical (unpaired) electrons.